The highest BCUT2D eigenvalue weighted by Gasteiger charge is 2.34. The lowest BCUT2D eigenvalue weighted by Crippen LogP contribution is -2.50. The van der Waals surface area contributed by atoms with E-state index in [0.717, 1.165) is 12.8 Å². The van der Waals surface area contributed by atoms with E-state index in [1.165, 1.54) is 38.1 Å². The van der Waals surface area contributed by atoms with Gasteiger partial charge in [0.25, 0.3) is 5.91 Å². The van der Waals surface area contributed by atoms with Gasteiger partial charge in [-0.15, -0.1) is 0 Å². The van der Waals surface area contributed by atoms with Crippen LogP contribution >= 0.6 is 11.6 Å². The summed E-state index contributed by atoms with van der Waals surface area (Å²) in [7, 11) is -4.10. The number of nitrogens with one attached hydrogen (secondary N) is 2. The Hall–Kier alpha value is -1.68. The molecule has 0 aromatic heterocycles. The second kappa shape index (κ2) is 8.34. The number of esters is 1. The van der Waals surface area contributed by atoms with Gasteiger partial charge in [-0.1, -0.05) is 11.6 Å². The molecule has 0 bridgehead atoms. The van der Waals surface area contributed by atoms with Crippen LogP contribution in [0.25, 0.3) is 0 Å². The van der Waals surface area contributed by atoms with Crippen LogP contribution in [-0.2, 0) is 24.3 Å². The number of hydrogen-bond donors (Lipinski definition) is 3. The predicted molar refractivity (Wildman–Crippen MR) is 94.0 cm³/mol. The van der Waals surface area contributed by atoms with Crippen LogP contribution in [0.5, 0.6) is 0 Å². The Morgan fingerprint density at radius 2 is 1.81 bits per heavy atom. The van der Waals surface area contributed by atoms with Crippen LogP contribution in [0.1, 0.15) is 26.7 Å². The SMILES string of the molecule is C[C@H](OC(=O)[C@H](NS(=O)(=O)c1ccc(Cl)cc1)[C@H](C)O)C(=O)NC1CC1. The number of carbonyl (C=O) groups is 2. The van der Waals surface area contributed by atoms with Crippen LogP contribution in [0.15, 0.2) is 29.2 Å². The van der Waals surface area contributed by atoms with Gasteiger partial charge in [-0.2, -0.15) is 4.72 Å². The lowest BCUT2D eigenvalue weighted by Gasteiger charge is -2.22. The van der Waals surface area contributed by atoms with Gasteiger partial charge < -0.3 is 15.2 Å². The third-order valence-corrected chi connectivity index (χ3v) is 5.44. The second-order valence-electron chi connectivity index (χ2n) is 6.16. The number of halogens is 1. The minimum Gasteiger partial charge on any atom is -0.451 e. The van der Waals surface area contributed by atoms with Crippen LogP contribution in [0.3, 0.4) is 0 Å². The Labute approximate surface area is 156 Å². The fraction of sp³-hybridized carbons (Fsp3) is 0.500. The smallest absolute Gasteiger partial charge is 0.327 e. The van der Waals surface area contributed by atoms with Gasteiger partial charge in [-0.3, -0.25) is 9.59 Å². The molecule has 1 fully saturated rings. The molecule has 2 rings (SSSR count). The third-order valence-electron chi connectivity index (χ3n) is 3.73. The molecule has 0 radical (unpaired) electrons. The average Bonchev–Trinajstić information content (AvgIpc) is 3.36. The minimum absolute atomic E-state index is 0.0969. The van der Waals surface area contributed by atoms with Gasteiger partial charge in [0, 0.05) is 11.1 Å². The molecule has 1 saturated carbocycles. The molecule has 0 spiro atoms. The first-order valence-electron chi connectivity index (χ1n) is 8.07. The lowest BCUT2D eigenvalue weighted by molar-refractivity contribution is -0.158. The van der Waals surface area contributed by atoms with E-state index in [9.17, 15) is 23.1 Å². The van der Waals surface area contributed by atoms with Crippen LogP contribution in [0, 0.1) is 0 Å². The highest BCUT2D eigenvalue weighted by molar-refractivity contribution is 7.89. The van der Waals surface area contributed by atoms with Crippen molar-refractivity contribution >= 4 is 33.5 Å². The molecule has 1 aromatic carbocycles. The van der Waals surface area contributed by atoms with Crippen molar-refractivity contribution in [3.8, 4) is 0 Å². The Morgan fingerprint density at radius 1 is 1.23 bits per heavy atom. The zero-order valence-corrected chi connectivity index (χ0v) is 15.9. The van der Waals surface area contributed by atoms with Gasteiger partial charge in [0.15, 0.2) is 6.10 Å². The molecule has 1 aliphatic rings. The molecule has 0 aliphatic heterocycles. The molecule has 1 amide bonds. The quantitative estimate of drug-likeness (QED) is 0.545. The van der Waals surface area contributed by atoms with Gasteiger partial charge in [-0.25, -0.2) is 8.42 Å². The number of amides is 1. The van der Waals surface area contributed by atoms with Crippen molar-refractivity contribution in [3.05, 3.63) is 29.3 Å². The first-order valence-corrected chi connectivity index (χ1v) is 9.93. The van der Waals surface area contributed by atoms with E-state index in [1.54, 1.807) is 0 Å². The molecule has 10 heteroatoms. The summed E-state index contributed by atoms with van der Waals surface area (Å²) in [6.45, 7) is 2.62. The second-order valence-corrected chi connectivity index (χ2v) is 8.31. The molecule has 1 aliphatic carbocycles. The maximum absolute atomic E-state index is 12.4. The van der Waals surface area contributed by atoms with Crippen LogP contribution in [0.2, 0.25) is 5.02 Å². The van der Waals surface area contributed by atoms with Gasteiger partial charge in [0.1, 0.15) is 6.04 Å². The molecule has 1 aromatic rings. The molecule has 144 valence electrons. The summed E-state index contributed by atoms with van der Waals surface area (Å²) in [6.07, 6.45) is -0.722. The van der Waals surface area contributed by atoms with E-state index < -0.39 is 40.1 Å². The average molecular weight is 405 g/mol. The monoisotopic (exact) mass is 404 g/mol. The van der Waals surface area contributed by atoms with E-state index in [0.29, 0.717) is 5.02 Å². The van der Waals surface area contributed by atoms with Gasteiger partial charge in [0.2, 0.25) is 10.0 Å². The van der Waals surface area contributed by atoms with Crippen molar-refractivity contribution in [1.82, 2.24) is 10.0 Å². The number of ether oxygens (including phenoxy) is 1. The maximum Gasteiger partial charge on any atom is 0.327 e. The van der Waals surface area contributed by atoms with Crippen LogP contribution in [-0.4, -0.2) is 49.7 Å². The van der Waals surface area contributed by atoms with E-state index in [2.05, 4.69) is 10.0 Å². The standard InChI is InChI=1S/C16H21ClN2O6S/c1-9(20)14(16(22)25-10(2)15(21)18-12-5-6-12)19-26(23,24)13-7-3-11(17)4-8-13/h3-4,7-10,12,14,19-20H,5-6H2,1-2H3,(H,18,21)/t9-,10-,14+/m0/s1. The summed E-state index contributed by atoms with van der Waals surface area (Å²) in [5.41, 5.74) is 0. The lowest BCUT2D eigenvalue weighted by atomic mass is 10.2. The Kier molecular flexibility index (Phi) is 6.62. The Balaban J connectivity index is 2.05. The van der Waals surface area contributed by atoms with Crippen molar-refractivity contribution in [3.63, 3.8) is 0 Å². The number of aliphatic hydroxyl groups excluding tert-OH is 1. The van der Waals surface area contributed by atoms with Crippen molar-refractivity contribution in [1.29, 1.82) is 0 Å². The van der Waals surface area contributed by atoms with Crippen LogP contribution in [0.4, 0.5) is 0 Å². The number of benzene rings is 1. The van der Waals surface area contributed by atoms with Gasteiger partial charge in [0.05, 0.1) is 11.0 Å². The first-order chi connectivity index (χ1) is 12.1. The van der Waals surface area contributed by atoms with E-state index >= 15 is 0 Å². The van der Waals surface area contributed by atoms with E-state index in [1.807, 2.05) is 0 Å². The number of aliphatic hydroxyl groups is 1. The number of hydrogen-bond acceptors (Lipinski definition) is 6. The zero-order valence-electron chi connectivity index (χ0n) is 14.3. The minimum atomic E-state index is -4.10. The highest BCUT2D eigenvalue weighted by atomic mass is 35.5. The molecule has 3 atom stereocenters. The normalized spacial score (nSPS) is 17.8. The van der Waals surface area contributed by atoms with Gasteiger partial charge >= 0.3 is 5.97 Å². The summed E-state index contributed by atoms with van der Waals surface area (Å²) in [4.78, 5) is 24.0. The van der Waals surface area contributed by atoms with Crippen molar-refractivity contribution in [2.45, 2.75) is 55.9 Å². The van der Waals surface area contributed by atoms with Crippen LogP contribution < -0.4 is 10.0 Å². The summed E-state index contributed by atoms with van der Waals surface area (Å²) in [6, 6.07) is 3.83. The van der Waals surface area contributed by atoms with E-state index in [-0.39, 0.29) is 10.9 Å². The summed E-state index contributed by atoms with van der Waals surface area (Å²) >= 11 is 5.73. The molecule has 0 unspecified atom stereocenters. The summed E-state index contributed by atoms with van der Waals surface area (Å²) in [5, 5.41) is 12.8. The molecular formula is C16H21ClN2O6S. The predicted octanol–water partition coefficient (Wildman–Crippen LogP) is 0.578. The number of rotatable bonds is 8. The highest BCUT2D eigenvalue weighted by Crippen LogP contribution is 2.19. The Bertz CT molecular complexity index is 761. The number of carbonyl (C=O) groups excluding carboxylic acids is 2. The molecule has 26 heavy (non-hydrogen) atoms. The zero-order chi connectivity index (χ0) is 19.5. The fourth-order valence-corrected chi connectivity index (χ4v) is 3.42. The van der Waals surface area contributed by atoms with Gasteiger partial charge in [-0.05, 0) is 51.0 Å². The molecular weight excluding hydrogens is 384 g/mol. The third kappa shape index (κ3) is 5.66. The van der Waals surface area contributed by atoms with Crippen molar-refractivity contribution in [2.75, 3.05) is 0 Å². The molecule has 0 saturated heterocycles. The van der Waals surface area contributed by atoms with E-state index in [4.69, 9.17) is 16.3 Å². The largest absolute Gasteiger partial charge is 0.451 e. The van der Waals surface area contributed by atoms with Crippen molar-refractivity contribution in [2.24, 2.45) is 0 Å². The Morgan fingerprint density at radius 3 is 2.31 bits per heavy atom. The fourth-order valence-electron chi connectivity index (χ4n) is 2.04. The maximum atomic E-state index is 12.4. The summed E-state index contributed by atoms with van der Waals surface area (Å²) < 4.78 is 31.9. The molecule has 3 N–H and O–H groups in total. The number of sulfonamides is 1. The first kappa shape index (κ1) is 20.6. The summed E-state index contributed by atoms with van der Waals surface area (Å²) in [5.74, 6) is -1.51. The molecule has 0 heterocycles. The van der Waals surface area contributed by atoms with Crippen molar-refractivity contribution < 1.29 is 27.9 Å². The molecule has 8 nitrogen and oxygen atoms in total. The topological polar surface area (TPSA) is 122 Å².